The van der Waals surface area contributed by atoms with Crippen molar-refractivity contribution in [3.8, 4) is 27.9 Å². The summed E-state index contributed by atoms with van der Waals surface area (Å²) in [6, 6.07) is 16.4. The fourth-order valence-electron chi connectivity index (χ4n) is 6.09. The highest BCUT2D eigenvalue weighted by Gasteiger charge is 2.29. The lowest BCUT2D eigenvalue weighted by atomic mass is 9.91. The van der Waals surface area contributed by atoms with E-state index in [2.05, 4.69) is 33.1 Å². The van der Waals surface area contributed by atoms with E-state index in [0.717, 1.165) is 57.7 Å². The van der Waals surface area contributed by atoms with Crippen LogP contribution in [0.1, 0.15) is 27.2 Å². The highest BCUT2D eigenvalue weighted by Crippen LogP contribution is 2.46. The maximum Gasteiger partial charge on any atom is 0.267 e. The SMILES string of the molecule is Cc1c(-c2cnc(C(N)=O)c3c2-c2ccc(N4CCOCC4)cc2C3)cccc1-n1cnc2c(F)cccc2c1=O. The Balaban J connectivity index is 1.39. The van der Waals surface area contributed by atoms with E-state index in [4.69, 9.17) is 10.5 Å². The number of fused-ring (bicyclic) bond motifs is 4. The molecule has 0 unspecified atom stereocenters. The van der Waals surface area contributed by atoms with Crippen molar-refractivity contribution in [1.29, 1.82) is 0 Å². The number of aromatic nitrogens is 3. The quantitative estimate of drug-likeness (QED) is 0.351. The molecule has 2 aromatic heterocycles. The second kappa shape index (κ2) is 9.64. The number of carbonyl (C=O) groups excluding carboxylic acids is 1. The van der Waals surface area contributed by atoms with Gasteiger partial charge in [0.25, 0.3) is 11.5 Å². The van der Waals surface area contributed by atoms with Gasteiger partial charge in [-0.3, -0.25) is 19.1 Å². The van der Waals surface area contributed by atoms with Crippen LogP contribution in [-0.4, -0.2) is 46.7 Å². The predicted molar refractivity (Wildman–Crippen MR) is 155 cm³/mol. The van der Waals surface area contributed by atoms with Crippen LogP contribution in [0.2, 0.25) is 0 Å². The topological polar surface area (TPSA) is 103 Å². The zero-order valence-electron chi connectivity index (χ0n) is 22.4. The highest BCUT2D eigenvalue weighted by atomic mass is 19.1. The molecule has 3 heterocycles. The first kappa shape index (κ1) is 25.1. The van der Waals surface area contributed by atoms with Gasteiger partial charge in [0.05, 0.1) is 24.3 Å². The van der Waals surface area contributed by atoms with Crippen molar-refractivity contribution >= 4 is 22.5 Å². The maximum atomic E-state index is 14.3. The number of pyridine rings is 1. The van der Waals surface area contributed by atoms with Gasteiger partial charge in [-0.25, -0.2) is 9.37 Å². The lowest BCUT2D eigenvalue weighted by Gasteiger charge is -2.29. The van der Waals surface area contributed by atoms with Crippen molar-refractivity contribution in [2.24, 2.45) is 5.73 Å². The monoisotopic (exact) mass is 547 g/mol. The minimum absolute atomic E-state index is 0.0414. The maximum absolute atomic E-state index is 14.3. The van der Waals surface area contributed by atoms with Gasteiger partial charge in [0, 0.05) is 37.0 Å². The van der Waals surface area contributed by atoms with Gasteiger partial charge in [0.2, 0.25) is 0 Å². The fourth-order valence-corrected chi connectivity index (χ4v) is 6.09. The van der Waals surface area contributed by atoms with Gasteiger partial charge in [0.1, 0.15) is 23.4 Å². The Kier molecular flexibility index (Phi) is 5.90. The Morgan fingerprint density at radius 1 is 1.00 bits per heavy atom. The molecule has 2 N–H and O–H groups in total. The molecule has 0 bridgehead atoms. The summed E-state index contributed by atoms with van der Waals surface area (Å²) < 4.78 is 21.2. The summed E-state index contributed by atoms with van der Waals surface area (Å²) in [7, 11) is 0. The molecular formula is C32H26FN5O3. The minimum Gasteiger partial charge on any atom is -0.378 e. The Hall–Kier alpha value is -4.89. The standard InChI is InChI=1S/C32H26FN5O3/c1-18-21(4-3-7-27(18)38-17-36-29-23(32(38)40)5-2-6-26(29)33)25-16-35-30(31(34)39)24-15-19-14-20(8-9-22(19)28(24)25)37-10-12-41-13-11-37/h2-9,14,16-17H,10-13,15H2,1H3,(H2,34,39). The van der Waals surface area contributed by atoms with Crippen LogP contribution in [0.5, 0.6) is 0 Å². The molecule has 7 rings (SSSR count). The first-order chi connectivity index (χ1) is 19.9. The third-order valence-corrected chi connectivity index (χ3v) is 8.11. The zero-order valence-corrected chi connectivity index (χ0v) is 22.4. The molecule has 41 heavy (non-hydrogen) atoms. The summed E-state index contributed by atoms with van der Waals surface area (Å²) in [4.78, 5) is 36.9. The van der Waals surface area contributed by atoms with Gasteiger partial charge in [0.15, 0.2) is 0 Å². The van der Waals surface area contributed by atoms with Crippen molar-refractivity contribution in [3.05, 3.63) is 106 Å². The van der Waals surface area contributed by atoms with Crippen LogP contribution >= 0.6 is 0 Å². The molecule has 3 aromatic carbocycles. The fraction of sp³-hybridized carbons (Fsp3) is 0.188. The van der Waals surface area contributed by atoms with Crippen LogP contribution < -0.4 is 16.2 Å². The summed E-state index contributed by atoms with van der Waals surface area (Å²) in [6.07, 6.45) is 3.59. The number of halogens is 1. The van der Waals surface area contributed by atoms with E-state index in [1.54, 1.807) is 12.3 Å². The van der Waals surface area contributed by atoms with Crippen molar-refractivity contribution < 1.29 is 13.9 Å². The summed E-state index contributed by atoms with van der Waals surface area (Å²) in [5.41, 5.74) is 13.8. The van der Waals surface area contributed by atoms with Crippen LogP contribution in [-0.2, 0) is 11.2 Å². The second-order valence-electron chi connectivity index (χ2n) is 10.4. The number of primary amides is 1. The van der Waals surface area contributed by atoms with Crippen LogP contribution in [0.3, 0.4) is 0 Å². The molecule has 1 aliphatic carbocycles. The molecule has 0 saturated carbocycles. The van der Waals surface area contributed by atoms with Gasteiger partial charge in [-0.2, -0.15) is 0 Å². The Bertz CT molecular complexity index is 1950. The molecular weight excluding hydrogens is 521 g/mol. The third kappa shape index (κ3) is 4.00. The number of hydrogen-bond donors (Lipinski definition) is 1. The number of ether oxygens (including phenoxy) is 1. The third-order valence-electron chi connectivity index (χ3n) is 8.11. The Morgan fingerprint density at radius 3 is 2.61 bits per heavy atom. The molecule has 0 spiro atoms. The lowest BCUT2D eigenvalue weighted by Crippen LogP contribution is -2.36. The summed E-state index contributed by atoms with van der Waals surface area (Å²) in [5.74, 6) is -1.11. The number of benzene rings is 3. The molecule has 1 saturated heterocycles. The molecule has 1 amide bonds. The molecule has 1 aliphatic heterocycles. The van der Waals surface area contributed by atoms with Crippen molar-refractivity contribution in [2.45, 2.75) is 13.3 Å². The number of para-hydroxylation sites is 1. The minimum atomic E-state index is -0.569. The number of hydrogen-bond acceptors (Lipinski definition) is 6. The molecule has 0 atom stereocenters. The van der Waals surface area contributed by atoms with Crippen molar-refractivity contribution in [2.75, 3.05) is 31.2 Å². The summed E-state index contributed by atoms with van der Waals surface area (Å²) >= 11 is 0. The van der Waals surface area contributed by atoms with Gasteiger partial charge < -0.3 is 15.4 Å². The molecule has 0 radical (unpaired) electrons. The number of rotatable bonds is 4. The number of morpholine rings is 1. The number of carbonyl (C=O) groups is 1. The average Bonchev–Trinajstić information content (AvgIpc) is 3.37. The van der Waals surface area contributed by atoms with E-state index in [1.807, 2.05) is 25.1 Å². The lowest BCUT2D eigenvalue weighted by molar-refractivity contribution is 0.0995. The smallest absolute Gasteiger partial charge is 0.267 e. The van der Waals surface area contributed by atoms with E-state index >= 15 is 0 Å². The van der Waals surface area contributed by atoms with Gasteiger partial charge in [-0.05, 0) is 70.6 Å². The van der Waals surface area contributed by atoms with E-state index in [0.29, 0.717) is 25.3 Å². The predicted octanol–water partition coefficient (Wildman–Crippen LogP) is 4.40. The number of anilines is 1. The number of nitrogens with zero attached hydrogens (tertiary/aromatic N) is 4. The normalized spacial score (nSPS) is 14.2. The number of amides is 1. The molecule has 204 valence electrons. The Labute approximate surface area is 234 Å². The molecule has 8 nitrogen and oxygen atoms in total. The first-order valence-corrected chi connectivity index (χ1v) is 13.5. The van der Waals surface area contributed by atoms with Crippen LogP contribution in [0.25, 0.3) is 38.8 Å². The average molecular weight is 548 g/mol. The van der Waals surface area contributed by atoms with E-state index in [9.17, 15) is 14.0 Å². The van der Waals surface area contributed by atoms with E-state index in [1.165, 1.54) is 23.0 Å². The summed E-state index contributed by atoms with van der Waals surface area (Å²) in [6.45, 7) is 4.97. The zero-order chi connectivity index (χ0) is 28.2. The van der Waals surface area contributed by atoms with Crippen LogP contribution in [0.4, 0.5) is 10.1 Å². The van der Waals surface area contributed by atoms with Gasteiger partial charge in [-0.15, -0.1) is 0 Å². The van der Waals surface area contributed by atoms with E-state index in [-0.39, 0.29) is 22.2 Å². The van der Waals surface area contributed by atoms with Crippen LogP contribution in [0, 0.1) is 12.7 Å². The van der Waals surface area contributed by atoms with Gasteiger partial charge in [-0.1, -0.05) is 24.3 Å². The second-order valence-corrected chi connectivity index (χ2v) is 10.4. The molecule has 1 fully saturated rings. The van der Waals surface area contributed by atoms with Crippen LogP contribution in [0.15, 0.2) is 71.9 Å². The number of nitrogens with two attached hydrogens (primary N) is 1. The van der Waals surface area contributed by atoms with Gasteiger partial charge >= 0.3 is 0 Å². The largest absolute Gasteiger partial charge is 0.378 e. The van der Waals surface area contributed by atoms with E-state index < -0.39 is 11.7 Å². The molecule has 5 aromatic rings. The first-order valence-electron chi connectivity index (χ1n) is 13.5. The molecule has 9 heteroatoms. The molecule has 2 aliphatic rings. The van der Waals surface area contributed by atoms with Crippen molar-refractivity contribution in [3.63, 3.8) is 0 Å². The highest BCUT2D eigenvalue weighted by molar-refractivity contribution is 6.00. The summed E-state index contributed by atoms with van der Waals surface area (Å²) in [5, 5.41) is 0.204. The Morgan fingerprint density at radius 2 is 1.80 bits per heavy atom. The van der Waals surface area contributed by atoms with Crippen molar-refractivity contribution in [1.82, 2.24) is 14.5 Å².